The first-order valence-corrected chi connectivity index (χ1v) is 9.71. The Balaban J connectivity index is 1.96. The maximum atomic E-state index is 4.80. The number of aryl methyl sites for hydroxylation is 2. The minimum Gasteiger partial charge on any atom is -0.171 e. The van der Waals surface area contributed by atoms with Crippen LogP contribution in [0.25, 0.3) is 0 Å². The average molecular weight is 345 g/mol. The smallest absolute Gasteiger partial charge is 0.0280 e. The van der Waals surface area contributed by atoms with Crippen LogP contribution in [-0.4, -0.2) is 0 Å². The van der Waals surface area contributed by atoms with E-state index >= 15 is 0 Å². The highest BCUT2D eigenvalue weighted by atomic mass is 32.1. The lowest BCUT2D eigenvalue weighted by molar-refractivity contribution is 0.792. The van der Waals surface area contributed by atoms with Crippen molar-refractivity contribution in [2.45, 2.75) is 56.5 Å². The molecule has 124 valence electrons. The van der Waals surface area contributed by atoms with Gasteiger partial charge in [0, 0.05) is 10.5 Å². The number of rotatable bonds is 8. The molecule has 2 rings (SSSR count). The summed E-state index contributed by atoms with van der Waals surface area (Å²) in [7, 11) is 0. The molecule has 2 heteroatoms. The van der Waals surface area contributed by atoms with E-state index in [1.165, 1.54) is 35.1 Å². The van der Waals surface area contributed by atoms with E-state index in [1.54, 1.807) is 0 Å². The predicted molar refractivity (Wildman–Crippen MR) is 109 cm³/mol. The second-order valence-electron chi connectivity index (χ2n) is 6.25. The second kappa shape index (κ2) is 9.44. The van der Waals surface area contributed by atoms with Crippen molar-refractivity contribution in [1.82, 2.24) is 0 Å². The first kappa shape index (κ1) is 18.5. The SMILES string of the molecule is CCCc1ccc(C(S)CC(S)c2ccc(CCC)cc2)cc1. The number of hydrogen-bond donors (Lipinski definition) is 2. The van der Waals surface area contributed by atoms with Gasteiger partial charge in [-0.2, -0.15) is 25.3 Å². The molecule has 0 saturated carbocycles. The molecule has 0 nitrogen and oxygen atoms in total. The number of hydrogen-bond acceptors (Lipinski definition) is 2. The van der Waals surface area contributed by atoms with Crippen molar-refractivity contribution in [1.29, 1.82) is 0 Å². The summed E-state index contributed by atoms with van der Waals surface area (Å²) < 4.78 is 0. The maximum absolute atomic E-state index is 4.80. The Kier molecular flexibility index (Phi) is 7.58. The average Bonchev–Trinajstić information content (AvgIpc) is 2.56. The molecule has 0 spiro atoms. The molecule has 0 aliphatic heterocycles. The van der Waals surface area contributed by atoms with Crippen LogP contribution >= 0.6 is 25.3 Å². The summed E-state index contributed by atoms with van der Waals surface area (Å²) in [6.45, 7) is 4.43. The second-order valence-corrected chi connectivity index (χ2v) is 7.50. The quantitative estimate of drug-likeness (QED) is 0.494. The van der Waals surface area contributed by atoms with Crippen LogP contribution in [0.15, 0.2) is 48.5 Å². The Hall–Kier alpha value is -0.860. The van der Waals surface area contributed by atoms with Crippen LogP contribution < -0.4 is 0 Å². The van der Waals surface area contributed by atoms with Gasteiger partial charge in [0.15, 0.2) is 0 Å². The molecule has 0 bridgehead atoms. The molecule has 0 aromatic heterocycles. The van der Waals surface area contributed by atoms with Crippen molar-refractivity contribution < 1.29 is 0 Å². The third-order valence-corrected chi connectivity index (χ3v) is 5.27. The molecule has 2 unspecified atom stereocenters. The topological polar surface area (TPSA) is 0 Å². The third-order valence-electron chi connectivity index (χ3n) is 4.25. The lowest BCUT2D eigenvalue weighted by atomic mass is 9.99. The van der Waals surface area contributed by atoms with Crippen molar-refractivity contribution >= 4 is 25.3 Å². The van der Waals surface area contributed by atoms with Gasteiger partial charge in [-0.25, -0.2) is 0 Å². The van der Waals surface area contributed by atoms with Gasteiger partial charge in [-0.15, -0.1) is 0 Å². The molecule has 2 aromatic rings. The van der Waals surface area contributed by atoms with E-state index < -0.39 is 0 Å². The summed E-state index contributed by atoms with van der Waals surface area (Å²) in [5.74, 6) is 0. The van der Waals surface area contributed by atoms with E-state index in [0.717, 1.165) is 19.3 Å². The molecule has 0 radical (unpaired) electrons. The fourth-order valence-electron chi connectivity index (χ4n) is 2.87. The van der Waals surface area contributed by atoms with Crippen molar-refractivity contribution in [2.24, 2.45) is 0 Å². The van der Waals surface area contributed by atoms with E-state index in [9.17, 15) is 0 Å². The fraction of sp³-hybridized carbons (Fsp3) is 0.429. The molecule has 23 heavy (non-hydrogen) atoms. The van der Waals surface area contributed by atoms with Crippen molar-refractivity contribution in [3.8, 4) is 0 Å². The van der Waals surface area contributed by atoms with Gasteiger partial charge in [-0.05, 0) is 41.5 Å². The standard InChI is InChI=1S/C21H28S2/c1-3-5-16-7-11-18(12-8-16)20(22)15-21(23)19-13-9-17(6-4-2)10-14-19/h7-14,20-23H,3-6,15H2,1-2H3. The molecular formula is C21H28S2. The molecule has 0 saturated heterocycles. The molecular weight excluding hydrogens is 316 g/mol. The van der Waals surface area contributed by atoms with Gasteiger partial charge >= 0.3 is 0 Å². The molecule has 0 aliphatic carbocycles. The van der Waals surface area contributed by atoms with Crippen LogP contribution in [0.5, 0.6) is 0 Å². The Morgan fingerprint density at radius 1 is 0.652 bits per heavy atom. The zero-order valence-corrected chi connectivity index (χ0v) is 16.0. The van der Waals surface area contributed by atoms with Crippen LogP contribution in [0.1, 0.15) is 65.9 Å². The Labute approximate surface area is 152 Å². The van der Waals surface area contributed by atoms with Gasteiger partial charge in [0.05, 0.1) is 0 Å². The Bertz CT molecular complexity index is 518. The third kappa shape index (κ3) is 5.61. The highest BCUT2D eigenvalue weighted by Crippen LogP contribution is 2.35. The van der Waals surface area contributed by atoms with Crippen LogP contribution in [0.2, 0.25) is 0 Å². The minimum absolute atomic E-state index is 0.225. The van der Waals surface area contributed by atoms with Gasteiger partial charge in [0.2, 0.25) is 0 Å². The van der Waals surface area contributed by atoms with E-state index in [0.29, 0.717) is 0 Å². The molecule has 0 fully saturated rings. The van der Waals surface area contributed by atoms with Crippen molar-refractivity contribution in [3.63, 3.8) is 0 Å². The van der Waals surface area contributed by atoms with E-state index in [2.05, 4.69) is 62.4 Å². The number of benzene rings is 2. The molecule has 2 atom stereocenters. The zero-order chi connectivity index (χ0) is 16.7. The maximum Gasteiger partial charge on any atom is 0.0280 e. The fourth-order valence-corrected chi connectivity index (χ4v) is 3.81. The van der Waals surface area contributed by atoms with Crippen LogP contribution in [0.3, 0.4) is 0 Å². The summed E-state index contributed by atoms with van der Waals surface area (Å²) in [6, 6.07) is 17.8. The van der Waals surface area contributed by atoms with Gasteiger partial charge in [-0.3, -0.25) is 0 Å². The van der Waals surface area contributed by atoms with E-state index in [4.69, 9.17) is 25.3 Å². The Morgan fingerprint density at radius 3 is 1.30 bits per heavy atom. The first-order valence-electron chi connectivity index (χ1n) is 8.67. The lowest BCUT2D eigenvalue weighted by Gasteiger charge is -2.17. The predicted octanol–water partition coefficient (Wildman–Crippen LogP) is 6.62. The minimum atomic E-state index is 0.225. The van der Waals surface area contributed by atoms with Gasteiger partial charge in [0.1, 0.15) is 0 Å². The normalized spacial score (nSPS) is 13.7. The van der Waals surface area contributed by atoms with Crippen molar-refractivity contribution in [2.75, 3.05) is 0 Å². The largest absolute Gasteiger partial charge is 0.171 e. The summed E-state index contributed by atoms with van der Waals surface area (Å²) >= 11 is 9.60. The molecule has 0 heterocycles. The monoisotopic (exact) mass is 344 g/mol. The molecule has 0 amide bonds. The van der Waals surface area contributed by atoms with Crippen molar-refractivity contribution in [3.05, 3.63) is 70.8 Å². The summed E-state index contributed by atoms with van der Waals surface area (Å²) in [5, 5.41) is 0.451. The Morgan fingerprint density at radius 2 is 1.00 bits per heavy atom. The summed E-state index contributed by atoms with van der Waals surface area (Å²) in [6.07, 6.45) is 5.62. The van der Waals surface area contributed by atoms with Crippen LogP contribution in [0, 0.1) is 0 Å². The molecule has 0 aliphatic rings. The lowest BCUT2D eigenvalue weighted by Crippen LogP contribution is -1.98. The van der Waals surface area contributed by atoms with Crippen LogP contribution in [0.4, 0.5) is 0 Å². The van der Waals surface area contributed by atoms with Gasteiger partial charge in [0.25, 0.3) is 0 Å². The summed E-state index contributed by atoms with van der Waals surface area (Å²) in [4.78, 5) is 0. The van der Waals surface area contributed by atoms with E-state index in [-0.39, 0.29) is 10.5 Å². The summed E-state index contributed by atoms with van der Waals surface area (Å²) in [5.41, 5.74) is 5.39. The first-order chi connectivity index (χ1) is 11.1. The highest BCUT2D eigenvalue weighted by molar-refractivity contribution is 7.81. The molecule has 0 N–H and O–H groups in total. The van der Waals surface area contributed by atoms with Gasteiger partial charge < -0.3 is 0 Å². The zero-order valence-electron chi connectivity index (χ0n) is 14.2. The van der Waals surface area contributed by atoms with Gasteiger partial charge in [-0.1, -0.05) is 75.2 Å². The highest BCUT2D eigenvalue weighted by Gasteiger charge is 2.14. The molecule has 2 aromatic carbocycles. The number of thiol groups is 2. The van der Waals surface area contributed by atoms with Crippen LogP contribution in [-0.2, 0) is 12.8 Å². The van der Waals surface area contributed by atoms with E-state index in [1.807, 2.05) is 0 Å².